The summed E-state index contributed by atoms with van der Waals surface area (Å²) in [6.07, 6.45) is 0. The third-order valence-corrected chi connectivity index (χ3v) is 11.1. The van der Waals surface area contributed by atoms with Crippen LogP contribution in [-0.4, -0.2) is 0 Å². The third-order valence-electron chi connectivity index (χ3n) is 11.1. The standard InChI is InChI=1S/C51H37NO/c1-51(2)45-22-9-6-18-44(45)49-42(20-13-23-46(49)51)40-16-7-10-24-47(40)52(37-30-26-35(27-31-37)34-14-4-3-5-15-34)38-32-28-36(29-33-38)39-19-12-21-43-41-17-8-11-25-48(41)53-50(39)43/h3-33H,1-2H3. The van der Waals surface area contributed by atoms with Gasteiger partial charge < -0.3 is 9.32 Å². The molecule has 8 aromatic carbocycles. The van der Waals surface area contributed by atoms with Crippen LogP contribution < -0.4 is 4.90 Å². The molecule has 2 nitrogen and oxygen atoms in total. The minimum atomic E-state index is -0.0810. The quantitative estimate of drug-likeness (QED) is 0.174. The van der Waals surface area contributed by atoms with Gasteiger partial charge in [-0.3, -0.25) is 0 Å². The van der Waals surface area contributed by atoms with E-state index in [4.69, 9.17) is 4.42 Å². The Hall–Kier alpha value is -6.64. The minimum Gasteiger partial charge on any atom is -0.455 e. The molecule has 0 saturated carbocycles. The first kappa shape index (κ1) is 31.1. The van der Waals surface area contributed by atoms with Crippen LogP contribution in [-0.2, 0) is 5.41 Å². The summed E-state index contributed by atoms with van der Waals surface area (Å²) in [4.78, 5) is 2.40. The Morgan fingerprint density at radius 1 is 0.396 bits per heavy atom. The van der Waals surface area contributed by atoms with Crippen LogP contribution in [0.3, 0.4) is 0 Å². The molecule has 252 valence electrons. The summed E-state index contributed by atoms with van der Waals surface area (Å²) in [6, 6.07) is 67.8. The van der Waals surface area contributed by atoms with Crippen molar-refractivity contribution in [3.8, 4) is 44.5 Å². The Kier molecular flexibility index (Phi) is 7.19. The van der Waals surface area contributed by atoms with Crippen LogP contribution in [0, 0.1) is 0 Å². The van der Waals surface area contributed by atoms with Crippen LogP contribution in [0.4, 0.5) is 17.1 Å². The van der Waals surface area contributed by atoms with E-state index in [0.717, 1.165) is 50.1 Å². The summed E-state index contributed by atoms with van der Waals surface area (Å²) in [7, 11) is 0. The van der Waals surface area contributed by atoms with Crippen molar-refractivity contribution in [2.75, 3.05) is 4.90 Å². The lowest BCUT2D eigenvalue weighted by Gasteiger charge is -2.29. The van der Waals surface area contributed by atoms with Crippen molar-refractivity contribution < 1.29 is 4.42 Å². The lowest BCUT2D eigenvalue weighted by Crippen LogP contribution is -2.14. The molecule has 1 heterocycles. The fourth-order valence-corrected chi connectivity index (χ4v) is 8.50. The predicted octanol–water partition coefficient (Wildman–Crippen LogP) is 14.4. The van der Waals surface area contributed by atoms with Gasteiger partial charge >= 0.3 is 0 Å². The molecule has 2 heteroatoms. The number of para-hydroxylation sites is 3. The number of rotatable bonds is 6. The van der Waals surface area contributed by atoms with Crippen LogP contribution in [0.1, 0.15) is 25.0 Å². The van der Waals surface area contributed by atoms with E-state index in [-0.39, 0.29) is 5.41 Å². The highest BCUT2D eigenvalue weighted by molar-refractivity contribution is 6.09. The summed E-state index contributed by atoms with van der Waals surface area (Å²) in [6.45, 7) is 4.70. The van der Waals surface area contributed by atoms with Gasteiger partial charge in [-0.25, -0.2) is 0 Å². The average Bonchev–Trinajstić information content (AvgIpc) is 3.71. The van der Waals surface area contributed by atoms with E-state index in [1.807, 2.05) is 12.1 Å². The van der Waals surface area contributed by atoms with Crippen molar-refractivity contribution in [2.45, 2.75) is 19.3 Å². The molecule has 10 rings (SSSR count). The Morgan fingerprint density at radius 2 is 0.943 bits per heavy atom. The van der Waals surface area contributed by atoms with Crippen LogP contribution in [0.15, 0.2) is 192 Å². The molecule has 0 bridgehead atoms. The molecule has 0 saturated heterocycles. The first-order valence-electron chi connectivity index (χ1n) is 18.4. The maximum Gasteiger partial charge on any atom is 0.143 e. The maximum absolute atomic E-state index is 6.43. The zero-order valence-electron chi connectivity index (χ0n) is 29.8. The minimum absolute atomic E-state index is 0.0810. The van der Waals surface area contributed by atoms with Gasteiger partial charge in [0.2, 0.25) is 0 Å². The van der Waals surface area contributed by atoms with Crippen molar-refractivity contribution in [2.24, 2.45) is 0 Å². The largest absolute Gasteiger partial charge is 0.455 e. The first-order valence-corrected chi connectivity index (χ1v) is 18.4. The molecule has 9 aromatic rings. The molecular weight excluding hydrogens is 643 g/mol. The number of hydrogen-bond acceptors (Lipinski definition) is 2. The van der Waals surface area contributed by atoms with Crippen molar-refractivity contribution in [3.05, 3.63) is 199 Å². The fraction of sp³-hybridized carbons (Fsp3) is 0.0588. The van der Waals surface area contributed by atoms with Gasteiger partial charge in [0, 0.05) is 38.7 Å². The SMILES string of the molecule is CC1(C)c2ccccc2-c2c(-c3ccccc3N(c3ccc(-c4ccccc4)cc3)c3ccc(-c4cccc5c4oc4ccccc45)cc3)cccc21. The molecular formula is C51H37NO. The lowest BCUT2D eigenvalue weighted by molar-refractivity contribution is 0.660. The summed E-state index contributed by atoms with van der Waals surface area (Å²) < 4.78 is 6.43. The highest BCUT2D eigenvalue weighted by Gasteiger charge is 2.37. The van der Waals surface area contributed by atoms with E-state index < -0.39 is 0 Å². The molecule has 0 radical (unpaired) electrons. The summed E-state index contributed by atoms with van der Waals surface area (Å²) in [5.74, 6) is 0. The molecule has 0 aliphatic heterocycles. The maximum atomic E-state index is 6.43. The normalized spacial score (nSPS) is 12.9. The number of benzene rings is 8. The summed E-state index contributed by atoms with van der Waals surface area (Å²) in [5, 5.41) is 2.28. The number of fused-ring (bicyclic) bond motifs is 6. The number of nitrogens with zero attached hydrogens (tertiary/aromatic N) is 1. The Balaban J connectivity index is 1.14. The highest BCUT2D eigenvalue weighted by Crippen LogP contribution is 2.53. The van der Waals surface area contributed by atoms with Gasteiger partial charge in [-0.1, -0.05) is 166 Å². The summed E-state index contributed by atoms with van der Waals surface area (Å²) in [5.41, 5.74) is 17.5. The van der Waals surface area contributed by atoms with E-state index >= 15 is 0 Å². The topological polar surface area (TPSA) is 16.4 Å². The molecule has 0 fully saturated rings. The second kappa shape index (κ2) is 12.3. The molecule has 0 N–H and O–H groups in total. The van der Waals surface area contributed by atoms with Crippen molar-refractivity contribution in [1.82, 2.24) is 0 Å². The molecule has 53 heavy (non-hydrogen) atoms. The van der Waals surface area contributed by atoms with Crippen molar-refractivity contribution in [3.63, 3.8) is 0 Å². The van der Waals surface area contributed by atoms with Crippen LogP contribution in [0.5, 0.6) is 0 Å². The van der Waals surface area contributed by atoms with Crippen LogP contribution in [0.2, 0.25) is 0 Å². The highest BCUT2D eigenvalue weighted by atomic mass is 16.3. The fourth-order valence-electron chi connectivity index (χ4n) is 8.50. The molecule has 1 aliphatic rings. The van der Waals surface area contributed by atoms with E-state index in [0.29, 0.717) is 0 Å². The van der Waals surface area contributed by atoms with E-state index in [2.05, 4.69) is 195 Å². The van der Waals surface area contributed by atoms with E-state index in [1.165, 1.54) is 44.5 Å². The second-order valence-electron chi connectivity index (χ2n) is 14.5. The molecule has 0 atom stereocenters. The summed E-state index contributed by atoms with van der Waals surface area (Å²) >= 11 is 0. The zero-order chi connectivity index (χ0) is 35.5. The van der Waals surface area contributed by atoms with Crippen molar-refractivity contribution in [1.29, 1.82) is 0 Å². The van der Waals surface area contributed by atoms with Crippen molar-refractivity contribution >= 4 is 39.0 Å². The lowest BCUT2D eigenvalue weighted by atomic mass is 9.82. The van der Waals surface area contributed by atoms with Gasteiger partial charge in [-0.15, -0.1) is 0 Å². The molecule has 0 spiro atoms. The second-order valence-corrected chi connectivity index (χ2v) is 14.5. The van der Waals surface area contributed by atoms with E-state index in [9.17, 15) is 0 Å². The number of hydrogen-bond donors (Lipinski definition) is 0. The van der Waals surface area contributed by atoms with Gasteiger partial charge in [0.25, 0.3) is 0 Å². The molecule has 0 amide bonds. The van der Waals surface area contributed by atoms with Gasteiger partial charge in [0.05, 0.1) is 5.69 Å². The monoisotopic (exact) mass is 679 g/mol. The number of anilines is 3. The van der Waals surface area contributed by atoms with Crippen LogP contribution in [0.25, 0.3) is 66.4 Å². The van der Waals surface area contributed by atoms with Gasteiger partial charge in [-0.2, -0.15) is 0 Å². The molecule has 1 aromatic heterocycles. The van der Waals surface area contributed by atoms with Crippen LogP contribution >= 0.6 is 0 Å². The molecule has 1 aliphatic carbocycles. The Morgan fingerprint density at radius 3 is 1.74 bits per heavy atom. The first-order chi connectivity index (χ1) is 26.1. The Bertz CT molecular complexity index is 2790. The zero-order valence-corrected chi connectivity index (χ0v) is 29.8. The third kappa shape index (κ3) is 5.02. The van der Waals surface area contributed by atoms with E-state index in [1.54, 1.807) is 0 Å². The van der Waals surface area contributed by atoms with Gasteiger partial charge in [0.15, 0.2) is 0 Å². The average molecular weight is 680 g/mol. The molecule has 0 unspecified atom stereocenters. The predicted molar refractivity (Wildman–Crippen MR) is 222 cm³/mol. The van der Waals surface area contributed by atoms with Gasteiger partial charge in [-0.05, 0) is 80.9 Å². The van der Waals surface area contributed by atoms with Gasteiger partial charge in [0.1, 0.15) is 11.2 Å². The Labute approximate surface area is 310 Å². The smallest absolute Gasteiger partial charge is 0.143 e. The number of furan rings is 1.